The Bertz CT molecular complexity index is 4330. The second kappa shape index (κ2) is 84.7. The molecule has 7 heterocycles. The van der Waals surface area contributed by atoms with Crippen molar-refractivity contribution in [2.45, 2.75) is 213 Å². The molecule has 21 heteroatoms. The second-order valence-corrected chi connectivity index (χ2v) is 22.4. The van der Waals surface area contributed by atoms with E-state index in [9.17, 15) is 19.3 Å². The van der Waals surface area contributed by atoms with Crippen molar-refractivity contribution in [2.75, 3.05) is 34.5 Å². The monoisotopic (exact) mass is 2190 g/mol. The molecule has 17 nitrogen and oxygen atoms in total. The summed E-state index contributed by atoms with van der Waals surface area (Å²) in [5.41, 5.74) is 15.8. The number of aryl methyl sites for hydroxylation is 2. The molecule has 0 amide bonds. The Morgan fingerprint density at radius 2 is 0.868 bits per heavy atom. The van der Waals surface area contributed by atoms with Crippen LogP contribution in [0.3, 0.4) is 0 Å². The number of aldehydes is 1. The normalized spacial score (nSPS) is 9.99. The molecule has 0 aliphatic carbocycles. The number of phenols is 1. The molecule has 2 aliphatic rings. The molecule has 12 rings (SSSR count). The van der Waals surface area contributed by atoms with Crippen molar-refractivity contribution in [3.63, 3.8) is 0 Å². The molecule has 0 saturated heterocycles. The first-order valence-corrected chi connectivity index (χ1v) is 42.2. The number of carbonyl (C=O) groups excluding carboxylic acids is 1. The van der Waals surface area contributed by atoms with Gasteiger partial charge in [-0.15, -0.1) is 18.2 Å². The van der Waals surface area contributed by atoms with Crippen LogP contribution in [0.5, 0.6) is 46.4 Å². The van der Waals surface area contributed by atoms with Gasteiger partial charge in [0.15, 0.2) is 31.7 Å². The molecule has 0 bridgehead atoms. The van der Waals surface area contributed by atoms with Gasteiger partial charge in [0.25, 0.3) is 0 Å². The van der Waals surface area contributed by atoms with Gasteiger partial charge in [-0.05, 0) is 141 Å². The predicted octanol–water partition coefficient (Wildman–Crippen LogP) is 28.5. The van der Waals surface area contributed by atoms with E-state index in [1.54, 1.807) is 75.9 Å². The first-order valence-electron chi connectivity index (χ1n) is 41.3. The van der Waals surface area contributed by atoms with Crippen molar-refractivity contribution in [3.05, 3.63) is 284 Å². The van der Waals surface area contributed by atoms with E-state index in [2.05, 4.69) is 85.8 Å². The van der Waals surface area contributed by atoms with Crippen molar-refractivity contribution < 1.29 is 116 Å². The molecule has 0 spiro atoms. The van der Waals surface area contributed by atoms with Gasteiger partial charge in [-0.2, -0.15) is 36.4 Å². The second-order valence-electron chi connectivity index (χ2n) is 21.4. The van der Waals surface area contributed by atoms with Crippen LogP contribution in [0.1, 0.15) is 271 Å². The number of pyridine rings is 5. The van der Waals surface area contributed by atoms with E-state index in [4.69, 9.17) is 28.8 Å². The Balaban J connectivity index is -0.000000200. The summed E-state index contributed by atoms with van der Waals surface area (Å²) in [5, 5.41) is 18.3. The zero-order valence-corrected chi connectivity index (χ0v) is 88.0. The summed E-state index contributed by atoms with van der Waals surface area (Å²) < 4.78 is 37.6. The number of methoxy groups -OCH3 is 3. The topological polar surface area (TPSA) is 224 Å². The Hall–Kier alpha value is -8.88. The number of allylic oxidation sites excluding steroid dienone is 4. The Kier molecular flexibility index (Phi) is 89.4. The van der Waals surface area contributed by atoms with Gasteiger partial charge in [-0.3, -0.25) is 24.3 Å². The largest absolute Gasteiger partial charge is 0.507 e. The molecule has 121 heavy (non-hydrogen) atoms. The average molecular weight is 2190 g/mol. The maximum absolute atomic E-state index is 11.3. The minimum Gasteiger partial charge on any atom is -0.507 e. The van der Waals surface area contributed by atoms with E-state index in [0.717, 1.165) is 62.0 Å². The van der Waals surface area contributed by atoms with Gasteiger partial charge in [0.1, 0.15) is 22.9 Å². The van der Waals surface area contributed by atoms with Crippen LogP contribution in [0.15, 0.2) is 187 Å². The summed E-state index contributed by atoms with van der Waals surface area (Å²) in [4.78, 5) is 49.9. The number of rotatable bonds is 14. The SMILES string of the molecule is CC.CC.CC.CC.CC.CC.CC.CC.CC.CC.CC1=Cc2[nH]c(=O)ccc2Oc2ccccc21.CCOOCC.COc1cc[c-]c(C=C(C)c2ccccc2C)n1.COc1cc[c-]c(C=C(C)c2ccccc2O)n1.COc1ccc2c(n1)C=C(C)c1ccccc1O2.Cc1ccccc1C(C)P=O.O=Cc1[c-]ccc(CO)n1.[W].[W].[W]. The van der Waals surface area contributed by atoms with Crippen LogP contribution >= 0.6 is 8.46 Å². The number of hydrogen-bond donors (Lipinski definition) is 3. The average Bonchev–Trinajstić information content (AvgIpc) is 1.66. The summed E-state index contributed by atoms with van der Waals surface area (Å²) in [5.74, 6) is 5.10. The number of ether oxygens (including phenoxy) is 5. The number of H-pyrrole nitrogens is 1. The number of aliphatic hydroxyl groups excluding tert-OH is 1. The van der Waals surface area contributed by atoms with E-state index < -0.39 is 0 Å². The van der Waals surface area contributed by atoms with Gasteiger partial charge >= 0.3 is 0 Å². The molecule has 10 aromatic rings. The third-order valence-electron chi connectivity index (χ3n) is 14.3. The number of aromatic amines is 1. The number of benzene rings is 5. The zero-order chi connectivity index (χ0) is 90.8. The van der Waals surface area contributed by atoms with E-state index in [1.807, 2.05) is 314 Å². The van der Waals surface area contributed by atoms with E-state index in [1.165, 1.54) is 33.9 Å². The minimum absolute atomic E-state index is 0. The molecular formula is C100H141N5O12PW3-3. The van der Waals surface area contributed by atoms with Crippen LogP contribution < -0.4 is 29.2 Å². The van der Waals surface area contributed by atoms with Crippen LogP contribution in [0.25, 0.3) is 46.6 Å². The number of fused-ring (bicyclic) bond motifs is 4. The van der Waals surface area contributed by atoms with Gasteiger partial charge in [0.2, 0.25) is 11.4 Å². The standard InChI is InChI=1S/C16H16NO.C15H13NO2.C15H14NO2.C14H11NO2.C9H11OP.C7H6NO2.C4H10O2.10C2H6.3W/c1-12-7-4-5-9-15(12)13(2)11-14-8-6-10-16(17-14)18-3;1-10-9-12-14(7-8-15(16-12)17-2)18-13-6-4-3-5-11(10)13;1-11(13-7-3-4-8-14(13)17)10-12-6-5-9-15(16-12)18-2;1-9-8-11-13(6-7-14(16)15-11)17-12-5-3-2-4-10(9)12;1-7-5-3-4-6-9(7)8(2)11-10;9-4-6-2-1-3-7(5-10)8-6;1-3-5-6-4-2;10*1-2;;;/h4-7,9-11H,1-3H3;3-9H,1-2H3;3-5,7-10,17H,1-2H3;2-8H,1H3,(H,15,16);3-6,8H,1-2H3;1-2,5,9H,4H2;3-4H2,1-2H3;10*1-2H3;;;/q-1;;-1;;;-1;;;;;;;;;;;;;;. The summed E-state index contributed by atoms with van der Waals surface area (Å²) in [7, 11) is 5.00. The smallest absolute Gasteiger partial charge is 0.248 e. The first-order chi connectivity index (χ1) is 57.4. The van der Waals surface area contributed by atoms with E-state index in [-0.39, 0.29) is 101 Å². The third kappa shape index (κ3) is 51.0. The zero-order valence-electron chi connectivity index (χ0n) is 78.3. The molecule has 664 valence electrons. The molecule has 1 atom stereocenters. The fraction of sp³-hybridized carbons (Fsp3) is 0.360. The molecule has 0 radical (unpaired) electrons. The number of para-hydroxylation sites is 3. The predicted molar refractivity (Wildman–Crippen MR) is 502 cm³/mol. The Morgan fingerprint density at radius 3 is 1.31 bits per heavy atom. The maximum Gasteiger partial charge on any atom is 0.248 e. The molecule has 5 aromatic heterocycles. The quantitative estimate of drug-likeness (QED) is 0.0230. The minimum atomic E-state index is -0.143. The molecule has 5 aromatic carbocycles. The molecule has 0 saturated carbocycles. The van der Waals surface area contributed by atoms with Crippen molar-refractivity contribution >= 4 is 61.3 Å². The van der Waals surface area contributed by atoms with Crippen LogP contribution in [-0.2, 0) is 84.1 Å². The van der Waals surface area contributed by atoms with E-state index in [0.29, 0.717) is 60.0 Å². The molecular weight excluding hydrogens is 2050 g/mol. The Morgan fingerprint density at radius 1 is 0.471 bits per heavy atom. The molecule has 1 unspecified atom stereocenters. The Labute approximate surface area is 774 Å². The summed E-state index contributed by atoms with van der Waals surface area (Å²) >= 11 is 0. The summed E-state index contributed by atoms with van der Waals surface area (Å²) in [6.07, 6.45) is 8.42. The van der Waals surface area contributed by atoms with Gasteiger partial charge < -0.3 is 43.7 Å². The fourth-order valence-corrected chi connectivity index (χ4v) is 9.81. The number of aliphatic hydroxyl groups is 1. The van der Waals surface area contributed by atoms with Gasteiger partial charge in [0, 0.05) is 97.7 Å². The van der Waals surface area contributed by atoms with Crippen LogP contribution in [0.4, 0.5) is 0 Å². The summed E-state index contributed by atoms with van der Waals surface area (Å²) in [6, 6.07) is 65.2. The number of nitrogens with zero attached hydrogens (tertiary/aromatic N) is 4. The third-order valence-corrected chi connectivity index (χ3v) is 14.9. The van der Waals surface area contributed by atoms with Gasteiger partial charge in [0.05, 0.1) is 58.8 Å². The van der Waals surface area contributed by atoms with Crippen LogP contribution in [0, 0.1) is 32.0 Å². The number of aromatic nitrogens is 5. The number of carbonyl (C=O) groups is 1. The molecule has 2 aliphatic heterocycles. The van der Waals surface area contributed by atoms with Gasteiger partial charge in [-0.1, -0.05) is 279 Å². The summed E-state index contributed by atoms with van der Waals surface area (Å²) in [6.45, 7) is 59.0. The molecule has 0 fully saturated rings. The van der Waals surface area contributed by atoms with Crippen molar-refractivity contribution in [1.82, 2.24) is 24.9 Å². The van der Waals surface area contributed by atoms with Crippen LogP contribution in [-0.4, -0.2) is 76.0 Å². The number of aromatic hydroxyl groups is 1. The van der Waals surface area contributed by atoms with Crippen LogP contribution in [0.2, 0.25) is 0 Å². The fourth-order valence-electron chi connectivity index (χ4n) is 9.41. The van der Waals surface area contributed by atoms with E-state index >= 15 is 0 Å². The number of hydrogen-bond acceptors (Lipinski definition) is 16. The first kappa shape index (κ1) is 128. The molecule has 3 N–H and O–H groups in total. The maximum atomic E-state index is 11.3. The van der Waals surface area contributed by atoms with Crippen molar-refractivity contribution in [1.29, 1.82) is 0 Å². The van der Waals surface area contributed by atoms with Crippen molar-refractivity contribution in [2.24, 2.45) is 0 Å². The van der Waals surface area contributed by atoms with Gasteiger partial charge in [-0.25, -0.2) is 14.8 Å². The van der Waals surface area contributed by atoms with Crippen molar-refractivity contribution in [3.8, 4) is 46.4 Å². The number of nitrogens with one attached hydrogen (secondary N) is 1. The number of phenolic OH excluding ortho intramolecular Hbond substituents is 1.